The molecule has 33 heavy (non-hydrogen) atoms. The third-order valence-electron chi connectivity index (χ3n) is 5.12. The molecule has 1 aromatic heterocycles. The summed E-state index contributed by atoms with van der Waals surface area (Å²) in [5.74, 6) is 0.616. The lowest BCUT2D eigenvalue weighted by atomic mass is 10.1. The predicted molar refractivity (Wildman–Crippen MR) is 133 cm³/mol. The van der Waals surface area contributed by atoms with E-state index in [2.05, 4.69) is 0 Å². The highest BCUT2D eigenvalue weighted by atomic mass is 16.5. The summed E-state index contributed by atoms with van der Waals surface area (Å²) in [7, 11) is 4.00. The molecule has 4 rings (SSSR count). The topological polar surface area (TPSA) is 72.1 Å². The lowest BCUT2D eigenvalue weighted by Crippen LogP contribution is -2.25. The summed E-state index contributed by atoms with van der Waals surface area (Å²) in [5.41, 5.74) is 4.02. The Kier molecular flexibility index (Phi) is 5.89. The van der Waals surface area contributed by atoms with Crippen LogP contribution in [0.2, 0.25) is 0 Å². The van der Waals surface area contributed by atoms with E-state index in [1.807, 2.05) is 94.4 Å². The predicted octanol–water partition coefficient (Wildman–Crippen LogP) is 4.97. The van der Waals surface area contributed by atoms with Crippen LogP contribution in [0.4, 0.5) is 11.5 Å². The molecule has 1 aliphatic rings. The number of nitrogens with zero attached hydrogens (tertiary/aromatic N) is 5. The summed E-state index contributed by atoms with van der Waals surface area (Å²) in [6, 6.07) is 17.7. The Morgan fingerprint density at radius 2 is 1.70 bits per heavy atom. The molecular formula is C26H29N5O2. The summed E-state index contributed by atoms with van der Waals surface area (Å²) >= 11 is 0. The van der Waals surface area contributed by atoms with Gasteiger partial charge in [0.2, 0.25) is 0 Å². The van der Waals surface area contributed by atoms with Crippen molar-refractivity contribution in [2.45, 2.75) is 33.2 Å². The highest BCUT2D eigenvalue weighted by Crippen LogP contribution is 2.36. The van der Waals surface area contributed by atoms with E-state index in [0.717, 1.165) is 16.8 Å². The molecule has 7 heteroatoms. The number of anilines is 1. The third kappa shape index (κ3) is 4.44. The minimum Gasteiger partial charge on any atom is -0.462 e. The number of rotatable bonds is 5. The Balaban J connectivity index is 1.94. The van der Waals surface area contributed by atoms with Crippen LogP contribution in [-0.2, 0) is 4.74 Å². The van der Waals surface area contributed by atoms with Gasteiger partial charge in [0.25, 0.3) is 0 Å². The quantitative estimate of drug-likeness (QED) is 0.522. The molecule has 0 saturated carbocycles. The summed E-state index contributed by atoms with van der Waals surface area (Å²) in [5, 5.41) is 4.81. The number of hydrogen-bond donors (Lipinski definition) is 0. The lowest BCUT2D eigenvalue weighted by molar-refractivity contribution is 0.0528. The Bertz CT molecular complexity index is 1230. The highest BCUT2D eigenvalue weighted by Gasteiger charge is 2.35. The standard InChI is InChI=1S/C26H29N5O2/c1-7-33-25(32)20-21(17-11-9-8-10-12-17)29-31-23(20)27-22(24(31)28-26(2,3)4)18-13-15-19(16-14-18)30(5)6/h8-16H,7H2,1-6H3. The van der Waals surface area contributed by atoms with Crippen LogP contribution in [-0.4, -0.2) is 53.5 Å². The molecule has 1 aliphatic heterocycles. The summed E-state index contributed by atoms with van der Waals surface area (Å²) in [6.45, 7) is 8.14. The van der Waals surface area contributed by atoms with Gasteiger partial charge in [-0.2, -0.15) is 9.78 Å². The number of ether oxygens (including phenoxy) is 1. The van der Waals surface area contributed by atoms with E-state index in [9.17, 15) is 4.79 Å². The molecule has 7 nitrogen and oxygen atoms in total. The van der Waals surface area contributed by atoms with Crippen molar-refractivity contribution in [1.82, 2.24) is 9.78 Å². The molecule has 0 unspecified atom stereocenters. The van der Waals surface area contributed by atoms with Crippen molar-refractivity contribution < 1.29 is 9.53 Å². The van der Waals surface area contributed by atoms with Crippen LogP contribution < -0.4 is 4.90 Å². The van der Waals surface area contributed by atoms with Crippen molar-refractivity contribution in [1.29, 1.82) is 0 Å². The smallest absolute Gasteiger partial charge is 0.344 e. The molecule has 0 N–H and O–H groups in total. The molecule has 2 heterocycles. The minimum absolute atomic E-state index is 0.267. The highest BCUT2D eigenvalue weighted by molar-refractivity contribution is 6.50. The minimum atomic E-state index is -0.444. The van der Waals surface area contributed by atoms with Crippen molar-refractivity contribution in [2.24, 2.45) is 9.98 Å². The van der Waals surface area contributed by atoms with Crippen LogP contribution in [0.15, 0.2) is 64.6 Å². The Hall–Kier alpha value is -3.74. The third-order valence-corrected chi connectivity index (χ3v) is 5.12. The molecule has 0 spiro atoms. The van der Waals surface area contributed by atoms with Gasteiger partial charge in [0.1, 0.15) is 17.0 Å². The average molecular weight is 444 g/mol. The van der Waals surface area contributed by atoms with E-state index in [1.165, 1.54) is 0 Å². The largest absolute Gasteiger partial charge is 0.462 e. The van der Waals surface area contributed by atoms with Gasteiger partial charge >= 0.3 is 5.97 Å². The van der Waals surface area contributed by atoms with Crippen LogP contribution in [0.25, 0.3) is 11.3 Å². The molecule has 0 bridgehead atoms. The zero-order chi connectivity index (χ0) is 23.8. The van der Waals surface area contributed by atoms with Gasteiger partial charge in [-0.3, -0.25) is 4.99 Å². The summed E-state index contributed by atoms with van der Waals surface area (Å²) in [4.78, 5) is 24.9. The molecule has 170 valence electrons. The molecule has 0 saturated heterocycles. The second-order valence-electron chi connectivity index (χ2n) is 9.05. The van der Waals surface area contributed by atoms with E-state index >= 15 is 0 Å². The number of aliphatic imine (C=N–C) groups is 2. The first kappa shape index (κ1) is 22.5. The number of benzene rings is 2. The van der Waals surface area contributed by atoms with Gasteiger partial charge in [0, 0.05) is 30.9 Å². The van der Waals surface area contributed by atoms with Crippen LogP contribution >= 0.6 is 0 Å². The van der Waals surface area contributed by atoms with Crippen molar-refractivity contribution >= 4 is 29.0 Å². The second-order valence-corrected chi connectivity index (χ2v) is 9.05. The van der Waals surface area contributed by atoms with Gasteiger partial charge in [0.15, 0.2) is 11.7 Å². The Labute approximate surface area is 194 Å². The maximum atomic E-state index is 13.0. The average Bonchev–Trinajstić information content (AvgIpc) is 3.30. The number of carbonyl (C=O) groups is 1. The van der Waals surface area contributed by atoms with Gasteiger partial charge in [-0.15, -0.1) is 0 Å². The van der Waals surface area contributed by atoms with Gasteiger partial charge in [-0.05, 0) is 39.8 Å². The zero-order valence-electron chi connectivity index (χ0n) is 20.0. The molecule has 2 aromatic carbocycles. The number of fused-ring (bicyclic) bond motifs is 1. The van der Waals surface area contributed by atoms with E-state index < -0.39 is 5.97 Å². The first-order chi connectivity index (χ1) is 15.7. The number of carbonyl (C=O) groups excluding carboxylic acids is 1. The van der Waals surface area contributed by atoms with Crippen LogP contribution in [0.5, 0.6) is 0 Å². The molecular weight excluding hydrogens is 414 g/mol. The van der Waals surface area contributed by atoms with Gasteiger partial charge < -0.3 is 9.64 Å². The molecule has 3 aromatic rings. The fourth-order valence-electron chi connectivity index (χ4n) is 3.63. The monoisotopic (exact) mass is 443 g/mol. The van der Waals surface area contributed by atoms with Crippen molar-refractivity contribution in [3.8, 4) is 11.3 Å². The van der Waals surface area contributed by atoms with Crippen LogP contribution in [0, 0.1) is 0 Å². The molecule has 0 amide bonds. The first-order valence-corrected chi connectivity index (χ1v) is 11.0. The Morgan fingerprint density at radius 3 is 2.27 bits per heavy atom. The molecule has 0 aliphatic carbocycles. The summed E-state index contributed by atoms with van der Waals surface area (Å²) in [6.07, 6.45) is 0. The van der Waals surface area contributed by atoms with Gasteiger partial charge in [0.05, 0.1) is 12.1 Å². The van der Waals surface area contributed by atoms with Crippen molar-refractivity contribution in [2.75, 3.05) is 25.6 Å². The maximum absolute atomic E-state index is 13.0. The van der Waals surface area contributed by atoms with Crippen molar-refractivity contribution in [3.63, 3.8) is 0 Å². The lowest BCUT2D eigenvalue weighted by Gasteiger charge is -2.16. The van der Waals surface area contributed by atoms with Crippen LogP contribution in [0.1, 0.15) is 43.6 Å². The normalized spacial score (nSPS) is 14.2. The van der Waals surface area contributed by atoms with E-state index in [4.69, 9.17) is 19.8 Å². The Morgan fingerprint density at radius 1 is 1.03 bits per heavy atom. The van der Waals surface area contributed by atoms with Gasteiger partial charge in [-0.1, -0.05) is 42.5 Å². The van der Waals surface area contributed by atoms with Crippen LogP contribution in [0.3, 0.4) is 0 Å². The number of aromatic nitrogens is 2. The van der Waals surface area contributed by atoms with E-state index in [-0.39, 0.29) is 12.1 Å². The van der Waals surface area contributed by atoms with E-state index in [0.29, 0.717) is 28.6 Å². The SMILES string of the molecule is CCOC(=O)c1c(-c2ccccc2)nn2c1N=C(c1ccc(N(C)C)cc1)C2=NC(C)(C)C. The first-order valence-electron chi connectivity index (χ1n) is 11.0. The fraction of sp³-hybridized carbons (Fsp3) is 0.308. The van der Waals surface area contributed by atoms with Gasteiger partial charge in [-0.25, -0.2) is 9.79 Å². The van der Waals surface area contributed by atoms with E-state index in [1.54, 1.807) is 11.6 Å². The van der Waals surface area contributed by atoms with Crippen molar-refractivity contribution in [3.05, 3.63) is 65.7 Å². The summed E-state index contributed by atoms with van der Waals surface area (Å²) < 4.78 is 7.06. The zero-order valence-corrected chi connectivity index (χ0v) is 20.0. The molecule has 0 fully saturated rings. The fourth-order valence-corrected chi connectivity index (χ4v) is 3.63. The molecule has 0 radical (unpaired) electrons. The number of hydrogen-bond acceptors (Lipinski definition) is 6. The maximum Gasteiger partial charge on any atom is 0.344 e. The number of esters is 1. The second kappa shape index (κ2) is 8.65. The molecule has 0 atom stereocenters.